The lowest BCUT2D eigenvalue weighted by Crippen LogP contribution is -2.12. The van der Waals surface area contributed by atoms with Crippen molar-refractivity contribution in [2.24, 2.45) is 0 Å². The molecule has 0 saturated heterocycles. The van der Waals surface area contributed by atoms with E-state index in [1.807, 2.05) is 38.1 Å². The molecule has 0 atom stereocenters. The second kappa shape index (κ2) is 5.95. The molecule has 1 aromatic rings. The largest absolute Gasteiger partial charge is 0.494 e. The molecule has 0 radical (unpaired) electrons. The van der Waals surface area contributed by atoms with Gasteiger partial charge in [-0.3, -0.25) is 4.79 Å². The number of ether oxygens (including phenoxy) is 1. The van der Waals surface area contributed by atoms with Crippen LogP contribution in [0.1, 0.15) is 20.8 Å². The van der Waals surface area contributed by atoms with Crippen molar-refractivity contribution in [1.29, 1.82) is 0 Å². The molecule has 1 amide bonds. The summed E-state index contributed by atoms with van der Waals surface area (Å²) in [5.41, 5.74) is 1.44. The first-order chi connectivity index (χ1) is 7.67. The zero-order valence-electron chi connectivity index (χ0n) is 9.91. The van der Waals surface area contributed by atoms with Gasteiger partial charge in [0.15, 0.2) is 0 Å². The third-order valence-corrected chi connectivity index (χ3v) is 2.19. The molecule has 0 saturated carbocycles. The average molecular weight is 219 g/mol. The van der Waals surface area contributed by atoms with Crippen molar-refractivity contribution < 1.29 is 9.53 Å². The lowest BCUT2D eigenvalue weighted by molar-refractivity contribution is -0.112. The van der Waals surface area contributed by atoms with Gasteiger partial charge in [-0.1, -0.05) is 12.1 Å². The number of benzene rings is 1. The summed E-state index contributed by atoms with van der Waals surface area (Å²) in [6, 6.07) is 7.36. The zero-order chi connectivity index (χ0) is 12.0. The van der Waals surface area contributed by atoms with Crippen LogP contribution in [0.2, 0.25) is 0 Å². The van der Waals surface area contributed by atoms with E-state index in [9.17, 15) is 4.79 Å². The minimum Gasteiger partial charge on any atom is -0.494 e. The monoisotopic (exact) mass is 219 g/mol. The molecule has 0 aromatic heterocycles. The van der Waals surface area contributed by atoms with Crippen molar-refractivity contribution in [1.82, 2.24) is 0 Å². The van der Waals surface area contributed by atoms with E-state index in [4.69, 9.17) is 4.74 Å². The Bertz CT molecular complexity index is 397. The standard InChI is InChI=1S/C13H17NO2/c1-4-10(3)13(15)14-11-7-6-8-12(9-11)16-5-2/h4,6-9H,5H2,1-3H3,(H,14,15)/b10-4+. The molecule has 0 unspecified atom stereocenters. The summed E-state index contributed by atoms with van der Waals surface area (Å²) in [6.45, 7) is 6.16. The van der Waals surface area contributed by atoms with Gasteiger partial charge in [-0.15, -0.1) is 0 Å². The second-order valence-electron chi connectivity index (χ2n) is 3.39. The maximum absolute atomic E-state index is 11.6. The predicted octanol–water partition coefficient (Wildman–Crippen LogP) is 2.99. The van der Waals surface area contributed by atoms with Crippen LogP contribution in [0.3, 0.4) is 0 Å². The number of carbonyl (C=O) groups is 1. The molecule has 3 nitrogen and oxygen atoms in total. The Morgan fingerprint density at radius 3 is 2.88 bits per heavy atom. The number of hydrogen-bond donors (Lipinski definition) is 1. The first-order valence-corrected chi connectivity index (χ1v) is 5.34. The van der Waals surface area contributed by atoms with E-state index in [0.717, 1.165) is 11.4 Å². The molecule has 0 spiro atoms. The van der Waals surface area contributed by atoms with Gasteiger partial charge in [-0.05, 0) is 32.9 Å². The molecule has 0 heterocycles. The van der Waals surface area contributed by atoms with Gasteiger partial charge in [0.1, 0.15) is 5.75 Å². The lowest BCUT2D eigenvalue weighted by atomic mass is 10.2. The van der Waals surface area contributed by atoms with Gasteiger partial charge in [0.2, 0.25) is 0 Å². The summed E-state index contributed by atoms with van der Waals surface area (Å²) in [6.07, 6.45) is 1.78. The minimum absolute atomic E-state index is 0.0869. The Kier molecular flexibility index (Phi) is 4.58. The van der Waals surface area contributed by atoms with Crippen molar-refractivity contribution in [3.05, 3.63) is 35.9 Å². The molecular weight excluding hydrogens is 202 g/mol. The van der Waals surface area contributed by atoms with Crippen LogP contribution in [0.25, 0.3) is 0 Å². The number of hydrogen-bond acceptors (Lipinski definition) is 2. The third-order valence-electron chi connectivity index (χ3n) is 2.19. The first kappa shape index (κ1) is 12.3. The quantitative estimate of drug-likeness (QED) is 0.790. The molecule has 0 aliphatic heterocycles. The van der Waals surface area contributed by atoms with Crippen molar-refractivity contribution in [3.63, 3.8) is 0 Å². The minimum atomic E-state index is -0.0869. The van der Waals surface area contributed by atoms with Crippen LogP contribution in [0.4, 0.5) is 5.69 Å². The molecule has 16 heavy (non-hydrogen) atoms. The van der Waals surface area contributed by atoms with Crippen LogP contribution in [-0.2, 0) is 4.79 Å². The van der Waals surface area contributed by atoms with Crippen molar-refractivity contribution >= 4 is 11.6 Å². The van der Waals surface area contributed by atoms with Gasteiger partial charge >= 0.3 is 0 Å². The lowest BCUT2D eigenvalue weighted by Gasteiger charge is -2.07. The predicted molar refractivity (Wildman–Crippen MR) is 65.7 cm³/mol. The Balaban J connectivity index is 2.74. The Hall–Kier alpha value is -1.77. The molecule has 3 heteroatoms. The smallest absolute Gasteiger partial charge is 0.250 e. The van der Waals surface area contributed by atoms with Crippen molar-refractivity contribution in [3.8, 4) is 5.75 Å². The van der Waals surface area contributed by atoms with E-state index in [1.165, 1.54) is 0 Å². The Morgan fingerprint density at radius 1 is 1.50 bits per heavy atom. The number of carbonyl (C=O) groups excluding carboxylic acids is 1. The van der Waals surface area contributed by atoms with Crippen molar-refractivity contribution in [2.75, 3.05) is 11.9 Å². The van der Waals surface area contributed by atoms with E-state index < -0.39 is 0 Å². The number of allylic oxidation sites excluding steroid dienone is 1. The van der Waals surface area contributed by atoms with Gasteiger partial charge < -0.3 is 10.1 Å². The fraction of sp³-hybridized carbons (Fsp3) is 0.308. The van der Waals surface area contributed by atoms with Crippen LogP contribution in [-0.4, -0.2) is 12.5 Å². The van der Waals surface area contributed by atoms with Crippen LogP contribution >= 0.6 is 0 Å². The van der Waals surface area contributed by atoms with Crippen LogP contribution in [0.15, 0.2) is 35.9 Å². The highest BCUT2D eigenvalue weighted by Gasteiger charge is 2.04. The molecule has 1 rings (SSSR count). The van der Waals surface area contributed by atoms with E-state index in [1.54, 1.807) is 13.0 Å². The van der Waals surface area contributed by atoms with E-state index in [2.05, 4.69) is 5.32 Å². The zero-order valence-corrected chi connectivity index (χ0v) is 9.91. The summed E-state index contributed by atoms with van der Waals surface area (Å²) in [5.74, 6) is 0.676. The normalized spacial score (nSPS) is 11.1. The molecule has 1 aromatic carbocycles. The van der Waals surface area contributed by atoms with Gasteiger partial charge in [0.05, 0.1) is 6.61 Å². The summed E-state index contributed by atoms with van der Waals surface area (Å²) in [4.78, 5) is 11.6. The fourth-order valence-electron chi connectivity index (χ4n) is 1.19. The number of rotatable bonds is 4. The molecule has 1 N–H and O–H groups in total. The maximum Gasteiger partial charge on any atom is 0.250 e. The van der Waals surface area contributed by atoms with Crippen LogP contribution < -0.4 is 10.1 Å². The maximum atomic E-state index is 11.6. The van der Waals surface area contributed by atoms with Crippen LogP contribution in [0, 0.1) is 0 Å². The summed E-state index contributed by atoms with van der Waals surface area (Å²) in [5, 5.41) is 2.80. The number of anilines is 1. The van der Waals surface area contributed by atoms with Gasteiger partial charge in [-0.25, -0.2) is 0 Å². The molecule has 86 valence electrons. The highest BCUT2D eigenvalue weighted by Crippen LogP contribution is 2.17. The first-order valence-electron chi connectivity index (χ1n) is 5.34. The van der Waals surface area contributed by atoms with E-state index in [-0.39, 0.29) is 5.91 Å². The summed E-state index contributed by atoms with van der Waals surface area (Å²) < 4.78 is 5.35. The Morgan fingerprint density at radius 2 is 2.25 bits per heavy atom. The molecule has 0 aliphatic carbocycles. The fourth-order valence-corrected chi connectivity index (χ4v) is 1.19. The van der Waals surface area contributed by atoms with E-state index in [0.29, 0.717) is 12.2 Å². The SMILES string of the molecule is C/C=C(\C)C(=O)Nc1cccc(OCC)c1. The van der Waals surface area contributed by atoms with Gasteiger partial charge in [-0.2, -0.15) is 0 Å². The summed E-state index contributed by atoms with van der Waals surface area (Å²) >= 11 is 0. The molecule has 0 bridgehead atoms. The second-order valence-corrected chi connectivity index (χ2v) is 3.39. The van der Waals surface area contributed by atoms with Crippen molar-refractivity contribution in [2.45, 2.75) is 20.8 Å². The highest BCUT2D eigenvalue weighted by atomic mass is 16.5. The topological polar surface area (TPSA) is 38.3 Å². The average Bonchev–Trinajstić information content (AvgIpc) is 2.29. The van der Waals surface area contributed by atoms with Gasteiger partial charge in [0.25, 0.3) is 5.91 Å². The number of nitrogens with one attached hydrogen (secondary N) is 1. The molecule has 0 aliphatic rings. The highest BCUT2D eigenvalue weighted by molar-refractivity contribution is 6.03. The summed E-state index contributed by atoms with van der Waals surface area (Å²) in [7, 11) is 0. The van der Waals surface area contributed by atoms with Crippen LogP contribution in [0.5, 0.6) is 5.75 Å². The third kappa shape index (κ3) is 3.42. The van der Waals surface area contributed by atoms with E-state index >= 15 is 0 Å². The molecule has 0 fully saturated rings. The number of amides is 1. The Labute approximate surface area is 96.1 Å². The molecular formula is C13H17NO2. The van der Waals surface area contributed by atoms with Gasteiger partial charge in [0, 0.05) is 17.3 Å².